The number of carboxylic acids is 1. The standard InChI is InChI=1S/C9H8F2N4O3/c1-4-2-5(13-18-4)3-15-7(8(10)11)6(9(16)17)12-14-15/h2,8H,3H2,1H3,(H,16,17). The van der Waals surface area contributed by atoms with E-state index >= 15 is 0 Å². The first kappa shape index (κ1) is 12.1. The van der Waals surface area contributed by atoms with E-state index in [1.54, 1.807) is 6.92 Å². The topological polar surface area (TPSA) is 94.0 Å². The molecule has 2 heterocycles. The van der Waals surface area contributed by atoms with Crippen LogP contribution in [-0.4, -0.2) is 31.2 Å². The Balaban J connectivity index is 2.36. The van der Waals surface area contributed by atoms with Crippen LogP contribution in [0.1, 0.15) is 34.1 Å². The third-order valence-electron chi connectivity index (χ3n) is 2.17. The van der Waals surface area contributed by atoms with Gasteiger partial charge in [-0.3, -0.25) is 0 Å². The average Bonchev–Trinajstić information content (AvgIpc) is 2.85. The minimum atomic E-state index is -2.99. The predicted octanol–water partition coefficient (Wildman–Crippen LogP) is 1.26. The van der Waals surface area contributed by atoms with Gasteiger partial charge < -0.3 is 9.63 Å². The number of nitrogens with zero attached hydrogens (tertiary/aromatic N) is 4. The molecular formula is C9H8F2N4O3. The summed E-state index contributed by atoms with van der Waals surface area (Å²) in [5.41, 5.74) is -1.15. The molecule has 0 saturated carbocycles. The second-order valence-electron chi connectivity index (χ2n) is 3.52. The summed E-state index contributed by atoms with van der Waals surface area (Å²) in [5.74, 6) is -1.03. The lowest BCUT2D eigenvalue weighted by molar-refractivity contribution is 0.0675. The van der Waals surface area contributed by atoms with E-state index < -0.39 is 23.8 Å². The Hall–Kier alpha value is -2.32. The number of hydrogen-bond acceptors (Lipinski definition) is 5. The van der Waals surface area contributed by atoms with Crippen LogP contribution in [0, 0.1) is 6.92 Å². The Morgan fingerprint density at radius 3 is 2.83 bits per heavy atom. The van der Waals surface area contributed by atoms with Gasteiger partial charge in [0, 0.05) is 6.07 Å². The van der Waals surface area contributed by atoms with Crippen molar-refractivity contribution in [3.05, 3.63) is 28.9 Å². The molecule has 0 aliphatic rings. The zero-order valence-electron chi connectivity index (χ0n) is 9.17. The monoisotopic (exact) mass is 258 g/mol. The van der Waals surface area contributed by atoms with E-state index in [0.717, 1.165) is 4.68 Å². The van der Waals surface area contributed by atoms with Gasteiger partial charge in [-0.1, -0.05) is 10.4 Å². The van der Waals surface area contributed by atoms with E-state index in [2.05, 4.69) is 15.5 Å². The van der Waals surface area contributed by atoms with Gasteiger partial charge in [0.1, 0.15) is 17.1 Å². The van der Waals surface area contributed by atoms with E-state index in [9.17, 15) is 13.6 Å². The van der Waals surface area contributed by atoms with Crippen LogP contribution in [0.5, 0.6) is 0 Å². The van der Waals surface area contributed by atoms with E-state index in [1.807, 2.05) is 0 Å². The van der Waals surface area contributed by atoms with Crippen molar-refractivity contribution >= 4 is 5.97 Å². The van der Waals surface area contributed by atoms with E-state index in [0.29, 0.717) is 11.5 Å². The summed E-state index contributed by atoms with van der Waals surface area (Å²) >= 11 is 0. The van der Waals surface area contributed by atoms with Crippen LogP contribution in [0.4, 0.5) is 8.78 Å². The van der Waals surface area contributed by atoms with Crippen molar-refractivity contribution in [3.63, 3.8) is 0 Å². The van der Waals surface area contributed by atoms with Crippen LogP contribution in [-0.2, 0) is 6.54 Å². The van der Waals surface area contributed by atoms with Gasteiger partial charge in [-0.15, -0.1) is 5.10 Å². The van der Waals surface area contributed by atoms with Gasteiger partial charge in [0.05, 0.1) is 6.54 Å². The maximum atomic E-state index is 12.8. The van der Waals surface area contributed by atoms with Crippen LogP contribution < -0.4 is 0 Å². The largest absolute Gasteiger partial charge is 0.476 e. The molecule has 7 nitrogen and oxygen atoms in total. The lowest BCUT2D eigenvalue weighted by Gasteiger charge is -2.03. The number of aryl methyl sites for hydroxylation is 1. The van der Waals surface area contributed by atoms with Crippen molar-refractivity contribution < 1.29 is 23.2 Å². The van der Waals surface area contributed by atoms with Crippen LogP contribution in [0.3, 0.4) is 0 Å². The van der Waals surface area contributed by atoms with Crippen LogP contribution in [0.15, 0.2) is 10.6 Å². The fraction of sp³-hybridized carbons (Fsp3) is 0.333. The average molecular weight is 258 g/mol. The number of aromatic nitrogens is 4. The van der Waals surface area contributed by atoms with Gasteiger partial charge in [0.25, 0.3) is 6.43 Å². The number of carbonyl (C=O) groups is 1. The third kappa shape index (κ3) is 2.19. The number of carboxylic acid groups (broad SMARTS) is 1. The second kappa shape index (κ2) is 4.51. The molecule has 0 spiro atoms. The number of hydrogen-bond donors (Lipinski definition) is 1. The fourth-order valence-electron chi connectivity index (χ4n) is 1.45. The molecule has 0 bridgehead atoms. The normalized spacial score (nSPS) is 11.1. The van der Waals surface area contributed by atoms with Crippen molar-refractivity contribution in [3.8, 4) is 0 Å². The molecule has 0 radical (unpaired) electrons. The molecule has 1 N–H and O–H groups in total. The van der Waals surface area contributed by atoms with Crippen molar-refractivity contribution in [2.75, 3.05) is 0 Å². The van der Waals surface area contributed by atoms with Gasteiger partial charge in [-0.2, -0.15) is 0 Å². The number of alkyl halides is 2. The minimum absolute atomic E-state index is 0.128. The molecule has 0 amide bonds. The Labute approximate surface area is 99.0 Å². The Kier molecular flexibility index (Phi) is 3.04. The Bertz CT molecular complexity index is 578. The smallest absolute Gasteiger partial charge is 0.358 e. The molecule has 0 unspecified atom stereocenters. The highest BCUT2D eigenvalue weighted by atomic mass is 19.3. The first-order valence-electron chi connectivity index (χ1n) is 4.86. The summed E-state index contributed by atoms with van der Waals surface area (Å²) in [7, 11) is 0. The van der Waals surface area contributed by atoms with Gasteiger partial charge >= 0.3 is 5.97 Å². The molecule has 96 valence electrons. The SMILES string of the molecule is Cc1cc(Cn2nnc(C(=O)O)c2C(F)F)no1. The minimum Gasteiger partial charge on any atom is -0.476 e. The first-order valence-corrected chi connectivity index (χ1v) is 4.86. The quantitative estimate of drug-likeness (QED) is 0.887. The predicted molar refractivity (Wildman–Crippen MR) is 52.3 cm³/mol. The third-order valence-corrected chi connectivity index (χ3v) is 2.17. The lowest BCUT2D eigenvalue weighted by Crippen LogP contribution is -2.10. The number of halogens is 2. The zero-order valence-corrected chi connectivity index (χ0v) is 9.17. The summed E-state index contributed by atoms with van der Waals surface area (Å²) < 4.78 is 31.1. The number of aromatic carboxylic acids is 1. The van der Waals surface area contributed by atoms with Crippen molar-refractivity contribution in [2.45, 2.75) is 19.9 Å². The molecule has 0 saturated heterocycles. The van der Waals surface area contributed by atoms with Crippen LogP contribution in [0.2, 0.25) is 0 Å². The van der Waals surface area contributed by atoms with Crippen LogP contribution in [0.25, 0.3) is 0 Å². The highest BCUT2D eigenvalue weighted by Gasteiger charge is 2.26. The molecule has 2 aromatic rings. The first-order chi connectivity index (χ1) is 8.49. The Morgan fingerprint density at radius 1 is 1.61 bits per heavy atom. The molecule has 0 atom stereocenters. The molecule has 0 aliphatic carbocycles. The zero-order chi connectivity index (χ0) is 13.3. The van der Waals surface area contributed by atoms with E-state index in [4.69, 9.17) is 9.63 Å². The summed E-state index contributed by atoms with van der Waals surface area (Å²) in [4.78, 5) is 10.7. The molecule has 2 aromatic heterocycles. The second-order valence-corrected chi connectivity index (χ2v) is 3.52. The lowest BCUT2D eigenvalue weighted by atomic mass is 10.3. The van der Waals surface area contributed by atoms with Crippen molar-refractivity contribution in [2.24, 2.45) is 0 Å². The van der Waals surface area contributed by atoms with Gasteiger partial charge in [-0.25, -0.2) is 18.3 Å². The maximum Gasteiger partial charge on any atom is 0.358 e. The van der Waals surface area contributed by atoms with E-state index in [-0.39, 0.29) is 6.54 Å². The van der Waals surface area contributed by atoms with Crippen molar-refractivity contribution in [1.29, 1.82) is 0 Å². The van der Waals surface area contributed by atoms with Gasteiger partial charge in [-0.05, 0) is 6.92 Å². The molecular weight excluding hydrogens is 250 g/mol. The van der Waals surface area contributed by atoms with Gasteiger partial charge in [0.2, 0.25) is 0 Å². The molecule has 2 rings (SSSR count). The molecule has 0 aromatic carbocycles. The summed E-state index contributed by atoms with van der Waals surface area (Å²) in [6.07, 6.45) is -2.99. The fourth-order valence-corrected chi connectivity index (χ4v) is 1.45. The highest BCUT2D eigenvalue weighted by Crippen LogP contribution is 2.22. The van der Waals surface area contributed by atoms with Crippen molar-refractivity contribution in [1.82, 2.24) is 20.2 Å². The summed E-state index contributed by atoms with van der Waals surface area (Å²) in [6, 6.07) is 1.54. The molecule has 18 heavy (non-hydrogen) atoms. The molecule has 0 aliphatic heterocycles. The Morgan fingerprint density at radius 2 is 2.33 bits per heavy atom. The molecule has 0 fully saturated rings. The van der Waals surface area contributed by atoms with Crippen LogP contribution >= 0.6 is 0 Å². The summed E-state index contributed by atoms with van der Waals surface area (Å²) in [6.45, 7) is 1.52. The van der Waals surface area contributed by atoms with Gasteiger partial charge in [0.15, 0.2) is 5.69 Å². The highest BCUT2D eigenvalue weighted by molar-refractivity contribution is 5.86. The summed E-state index contributed by atoms with van der Waals surface area (Å²) in [5, 5.41) is 18.9. The maximum absolute atomic E-state index is 12.8. The molecule has 9 heteroatoms. The number of rotatable bonds is 4. The van der Waals surface area contributed by atoms with E-state index in [1.165, 1.54) is 6.07 Å².